The molecule has 2 aromatic rings. The molecule has 5 nitrogen and oxygen atoms in total. The van der Waals surface area contributed by atoms with Crippen LogP contribution in [0.3, 0.4) is 0 Å². The number of rotatable bonds is 4. The van der Waals surface area contributed by atoms with E-state index in [1.165, 1.54) is 6.39 Å². The lowest BCUT2D eigenvalue weighted by molar-refractivity contribution is 0.0256. The van der Waals surface area contributed by atoms with Gasteiger partial charge in [0.25, 0.3) is 0 Å². The van der Waals surface area contributed by atoms with Gasteiger partial charge in [-0.3, -0.25) is 0 Å². The maximum Gasteiger partial charge on any atom is 0.361 e. The zero-order valence-corrected chi connectivity index (χ0v) is 13.0. The summed E-state index contributed by atoms with van der Waals surface area (Å²) >= 11 is 1.66. The van der Waals surface area contributed by atoms with Crippen LogP contribution in [-0.2, 0) is 24.0 Å². The van der Waals surface area contributed by atoms with Gasteiger partial charge in [-0.15, -0.1) is 11.3 Å². The van der Waals surface area contributed by atoms with E-state index in [1.54, 1.807) is 11.3 Å². The van der Waals surface area contributed by atoms with Crippen molar-refractivity contribution in [2.24, 2.45) is 0 Å². The molecular formula is C15H18N2O3S. The molecule has 1 aliphatic rings. The van der Waals surface area contributed by atoms with E-state index in [0.717, 1.165) is 41.3 Å². The molecule has 0 bridgehead atoms. The van der Waals surface area contributed by atoms with Gasteiger partial charge >= 0.3 is 5.97 Å². The van der Waals surface area contributed by atoms with Crippen LogP contribution in [0.25, 0.3) is 0 Å². The molecule has 0 aromatic carbocycles. The predicted molar refractivity (Wildman–Crippen MR) is 78.5 cm³/mol. The maximum absolute atomic E-state index is 12.3. The van der Waals surface area contributed by atoms with E-state index in [9.17, 15) is 4.79 Å². The Morgan fingerprint density at radius 3 is 3.10 bits per heavy atom. The Labute approximate surface area is 127 Å². The number of oxazole rings is 1. The first-order valence-corrected chi connectivity index (χ1v) is 8.16. The Hall–Kier alpha value is -1.69. The third kappa shape index (κ3) is 2.72. The Morgan fingerprint density at radius 2 is 2.33 bits per heavy atom. The highest BCUT2D eigenvalue weighted by Gasteiger charge is 2.29. The number of fused-ring (bicyclic) bond motifs is 1. The molecule has 2 aromatic heterocycles. The van der Waals surface area contributed by atoms with Gasteiger partial charge < -0.3 is 9.15 Å². The number of nitrogens with zero attached hydrogens (tertiary/aromatic N) is 2. The summed E-state index contributed by atoms with van der Waals surface area (Å²) in [6.45, 7) is 4.01. The first-order valence-electron chi connectivity index (χ1n) is 7.34. The standard InChI is InChI=1S/C15H18N2O3S/c1-3-10-13(16-8-19-10)15(18)20-11-7-5-6-9-14(11)21-12(4-2)17-9/h8,11H,3-7H2,1-2H3/t11-/m0/s1. The normalized spacial score (nSPS) is 17.5. The molecule has 1 aliphatic carbocycles. The van der Waals surface area contributed by atoms with Gasteiger partial charge in [-0.05, 0) is 25.7 Å². The first kappa shape index (κ1) is 14.3. The SMILES string of the molecule is CCc1nc2c(s1)[C@@H](OC(=O)c1ncoc1CC)CCC2. The number of hydrogen-bond acceptors (Lipinski definition) is 6. The number of carbonyl (C=O) groups is 1. The minimum atomic E-state index is -0.398. The summed E-state index contributed by atoms with van der Waals surface area (Å²) in [6, 6.07) is 0. The topological polar surface area (TPSA) is 65.2 Å². The van der Waals surface area contributed by atoms with Crippen LogP contribution >= 0.6 is 11.3 Å². The lowest BCUT2D eigenvalue weighted by atomic mass is 10.0. The smallest absolute Gasteiger partial charge is 0.361 e. The summed E-state index contributed by atoms with van der Waals surface area (Å²) in [5, 5.41) is 1.11. The molecule has 0 amide bonds. The summed E-state index contributed by atoms with van der Waals surface area (Å²) in [4.78, 5) is 22.0. The van der Waals surface area contributed by atoms with Crippen LogP contribution in [0, 0.1) is 0 Å². The Balaban J connectivity index is 1.80. The van der Waals surface area contributed by atoms with Crippen LogP contribution in [0.4, 0.5) is 0 Å². The van der Waals surface area contributed by atoms with Gasteiger partial charge in [-0.2, -0.15) is 0 Å². The fourth-order valence-corrected chi connectivity index (χ4v) is 3.68. The predicted octanol–water partition coefficient (Wildman–Crippen LogP) is 3.49. The number of esters is 1. The molecule has 0 N–H and O–H groups in total. The van der Waals surface area contributed by atoms with Gasteiger partial charge in [0.05, 0.1) is 15.6 Å². The molecule has 0 unspecified atom stereocenters. The largest absolute Gasteiger partial charge is 0.452 e. The number of thiazole rings is 1. The monoisotopic (exact) mass is 306 g/mol. The van der Waals surface area contributed by atoms with E-state index < -0.39 is 5.97 Å². The molecule has 0 aliphatic heterocycles. The molecule has 0 fully saturated rings. The second-order valence-electron chi connectivity index (χ2n) is 5.04. The van der Waals surface area contributed by atoms with Crippen LogP contribution in [-0.4, -0.2) is 15.9 Å². The van der Waals surface area contributed by atoms with Gasteiger partial charge in [0.2, 0.25) is 0 Å². The van der Waals surface area contributed by atoms with Crippen LogP contribution < -0.4 is 0 Å². The van der Waals surface area contributed by atoms with Crippen molar-refractivity contribution in [2.75, 3.05) is 0 Å². The molecule has 0 spiro atoms. The van der Waals surface area contributed by atoms with Crippen LogP contribution in [0.1, 0.15) is 64.6 Å². The van der Waals surface area contributed by atoms with Crippen LogP contribution in [0.5, 0.6) is 0 Å². The molecule has 2 heterocycles. The van der Waals surface area contributed by atoms with Crippen molar-refractivity contribution >= 4 is 17.3 Å². The van der Waals surface area contributed by atoms with Crippen molar-refractivity contribution in [3.05, 3.63) is 33.4 Å². The number of aryl methyl sites for hydroxylation is 3. The molecule has 6 heteroatoms. The molecule has 0 saturated carbocycles. The van der Waals surface area contributed by atoms with Crippen molar-refractivity contribution < 1.29 is 13.9 Å². The third-order valence-corrected chi connectivity index (χ3v) is 4.99. The van der Waals surface area contributed by atoms with Crippen molar-refractivity contribution in [2.45, 2.75) is 52.1 Å². The zero-order chi connectivity index (χ0) is 14.8. The highest BCUT2D eigenvalue weighted by atomic mass is 32.1. The molecule has 0 saturated heterocycles. The lowest BCUT2D eigenvalue weighted by Gasteiger charge is -2.21. The minimum Gasteiger partial charge on any atom is -0.452 e. The van der Waals surface area contributed by atoms with Gasteiger partial charge in [0.1, 0.15) is 11.9 Å². The highest BCUT2D eigenvalue weighted by molar-refractivity contribution is 7.11. The Morgan fingerprint density at radius 1 is 1.48 bits per heavy atom. The third-order valence-electron chi connectivity index (χ3n) is 3.65. The van der Waals surface area contributed by atoms with Gasteiger partial charge in [0.15, 0.2) is 12.1 Å². The van der Waals surface area contributed by atoms with E-state index in [4.69, 9.17) is 9.15 Å². The van der Waals surface area contributed by atoms with Crippen LogP contribution in [0.15, 0.2) is 10.8 Å². The van der Waals surface area contributed by atoms with Gasteiger partial charge in [-0.25, -0.2) is 14.8 Å². The molecule has 1 atom stereocenters. The quantitative estimate of drug-likeness (QED) is 0.809. The zero-order valence-electron chi connectivity index (χ0n) is 12.2. The second-order valence-corrected chi connectivity index (χ2v) is 6.15. The fourth-order valence-electron chi connectivity index (χ4n) is 2.57. The summed E-state index contributed by atoms with van der Waals surface area (Å²) in [7, 11) is 0. The molecular weight excluding hydrogens is 288 g/mol. The second kappa shape index (κ2) is 5.97. The van der Waals surface area contributed by atoms with E-state index in [2.05, 4.69) is 16.9 Å². The van der Waals surface area contributed by atoms with Crippen molar-refractivity contribution in [1.82, 2.24) is 9.97 Å². The summed E-state index contributed by atoms with van der Waals surface area (Å²) < 4.78 is 10.9. The average molecular weight is 306 g/mol. The Bertz CT molecular complexity index is 647. The van der Waals surface area contributed by atoms with Gasteiger partial charge in [0, 0.05) is 6.42 Å². The minimum absolute atomic E-state index is 0.194. The summed E-state index contributed by atoms with van der Waals surface area (Å²) in [5.41, 5.74) is 1.39. The molecule has 3 rings (SSSR count). The fraction of sp³-hybridized carbons (Fsp3) is 0.533. The highest BCUT2D eigenvalue weighted by Crippen LogP contribution is 2.37. The molecule has 112 valence electrons. The molecule has 0 radical (unpaired) electrons. The van der Waals surface area contributed by atoms with Crippen molar-refractivity contribution in [3.8, 4) is 0 Å². The van der Waals surface area contributed by atoms with Crippen molar-refractivity contribution in [3.63, 3.8) is 0 Å². The van der Waals surface area contributed by atoms with Crippen LogP contribution in [0.2, 0.25) is 0 Å². The number of aromatic nitrogens is 2. The number of carbonyl (C=O) groups excluding carboxylic acids is 1. The van der Waals surface area contributed by atoms with E-state index in [0.29, 0.717) is 17.9 Å². The summed E-state index contributed by atoms with van der Waals surface area (Å²) in [5.74, 6) is 0.180. The van der Waals surface area contributed by atoms with Crippen molar-refractivity contribution in [1.29, 1.82) is 0 Å². The Kier molecular flexibility index (Phi) is 4.05. The number of ether oxygens (including phenoxy) is 1. The first-order chi connectivity index (χ1) is 10.2. The maximum atomic E-state index is 12.3. The number of hydrogen-bond donors (Lipinski definition) is 0. The summed E-state index contributed by atoms with van der Waals surface area (Å²) in [6.07, 6.45) is 5.47. The van der Waals surface area contributed by atoms with E-state index in [-0.39, 0.29) is 6.10 Å². The average Bonchev–Trinajstić information content (AvgIpc) is 3.13. The van der Waals surface area contributed by atoms with E-state index in [1.807, 2.05) is 6.92 Å². The van der Waals surface area contributed by atoms with E-state index >= 15 is 0 Å². The van der Waals surface area contributed by atoms with Gasteiger partial charge in [-0.1, -0.05) is 13.8 Å². The molecule has 21 heavy (non-hydrogen) atoms. The lowest BCUT2D eigenvalue weighted by Crippen LogP contribution is -2.16.